The molecular formula is C18H25Cl2N5O2. The molecule has 7 nitrogen and oxygen atoms in total. The molecule has 2 unspecified atom stereocenters. The number of amides is 2. The Morgan fingerprint density at radius 2 is 1.96 bits per heavy atom. The summed E-state index contributed by atoms with van der Waals surface area (Å²) >= 11 is 6.14. The van der Waals surface area contributed by atoms with Crippen molar-refractivity contribution in [3.8, 4) is 0 Å². The Labute approximate surface area is 170 Å². The molecule has 2 amide bonds. The first kappa shape index (κ1) is 20.4. The summed E-state index contributed by atoms with van der Waals surface area (Å²) < 4.78 is 0. The Morgan fingerprint density at radius 1 is 1.19 bits per heavy atom. The van der Waals surface area contributed by atoms with Crippen LogP contribution in [0.1, 0.15) is 18.0 Å². The van der Waals surface area contributed by atoms with E-state index in [-0.39, 0.29) is 42.2 Å². The first-order valence-corrected chi connectivity index (χ1v) is 9.53. The molecule has 9 heteroatoms. The lowest BCUT2D eigenvalue weighted by Crippen LogP contribution is -2.51. The van der Waals surface area contributed by atoms with Crippen LogP contribution in [0.25, 0.3) is 0 Å². The van der Waals surface area contributed by atoms with Crippen molar-refractivity contribution in [1.29, 1.82) is 0 Å². The average molecular weight is 414 g/mol. The lowest BCUT2D eigenvalue weighted by Gasteiger charge is -2.38. The van der Waals surface area contributed by atoms with Gasteiger partial charge in [0.25, 0.3) is 0 Å². The van der Waals surface area contributed by atoms with Gasteiger partial charge in [0, 0.05) is 50.7 Å². The van der Waals surface area contributed by atoms with E-state index in [4.69, 9.17) is 11.6 Å². The molecule has 148 valence electrons. The molecule has 3 heterocycles. The highest BCUT2D eigenvalue weighted by Gasteiger charge is 2.42. The zero-order chi connectivity index (χ0) is 18.1. The molecule has 2 atom stereocenters. The van der Waals surface area contributed by atoms with E-state index >= 15 is 0 Å². The minimum Gasteiger partial charge on any atom is -0.336 e. The van der Waals surface area contributed by atoms with Crippen LogP contribution < -0.4 is 16.2 Å². The fourth-order valence-corrected chi connectivity index (χ4v) is 4.34. The second-order valence-electron chi connectivity index (χ2n) is 7.17. The monoisotopic (exact) mass is 413 g/mol. The van der Waals surface area contributed by atoms with Crippen molar-refractivity contribution in [2.75, 3.05) is 39.3 Å². The number of hydrazine groups is 1. The Morgan fingerprint density at radius 3 is 2.70 bits per heavy atom. The van der Waals surface area contributed by atoms with Gasteiger partial charge in [-0.15, -0.1) is 12.4 Å². The topological polar surface area (TPSA) is 76.7 Å². The number of carbonyl (C=O) groups excluding carboxylic acids is 2. The molecule has 0 aromatic heterocycles. The average Bonchev–Trinajstić information content (AvgIpc) is 3.30. The highest BCUT2D eigenvalue weighted by atomic mass is 35.5. The Hall–Kier alpha value is -1.38. The van der Waals surface area contributed by atoms with Crippen LogP contribution in [0, 0.1) is 5.92 Å². The zero-order valence-corrected chi connectivity index (χ0v) is 16.6. The number of hydrogen-bond donors (Lipinski definition) is 3. The van der Waals surface area contributed by atoms with E-state index in [1.54, 1.807) is 0 Å². The third-order valence-corrected chi connectivity index (χ3v) is 5.74. The van der Waals surface area contributed by atoms with Gasteiger partial charge >= 0.3 is 0 Å². The molecule has 0 spiro atoms. The molecular weight excluding hydrogens is 389 g/mol. The molecule has 4 rings (SSSR count). The van der Waals surface area contributed by atoms with Gasteiger partial charge in [-0.2, -0.15) is 0 Å². The third-order valence-electron chi connectivity index (χ3n) is 5.51. The number of rotatable bonds is 3. The number of benzene rings is 1. The summed E-state index contributed by atoms with van der Waals surface area (Å²) in [5, 5.41) is 4.03. The second-order valence-corrected chi connectivity index (χ2v) is 7.61. The molecule has 3 N–H and O–H groups in total. The van der Waals surface area contributed by atoms with Crippen molar-refractivity contribution in [2.24, 2.45) is 5.92 Å². The quantitative estimate of drug-likeness (QED) is 0.674. The summed E-state index contributed by atoms with van der Waals surface area (Å²) in [7, 11) is 0. The summed E-state index contributed by atoms with van der Waals surface area (Å²) in [5.41, 5.74) is 7.13. The van der Waals surface area contributed by atoms with Crippen molar-refractivity contribution in [2.45, 2.75) is 18.5 Å². The van der Waals surface area contributed by atoms with Crippen LogP contribution in [0.4, 0.5) is 0 Å². The number of halogens is 2. The van der Waals surface area contributed by atoms with Gasteiger partial charge in [-0.05, 0) is 17.7 Å². The lowest BCUT2D eigenvalue weighted by atomic mass is 9.99. The maximum absolute atomic E-state index is 13.2. The molecule has 3 fully saturated rings. The molecule has 0 bridgehead atoms. The summed E-state index contributed by atoms with van der Waals surface area (Å²) in [4.78, 5) is 29.4. The number of nitrogens with zero attached hydrogens (tertiary/aromatic N) is 2. The summed E-state index contributed by atoms with van der Waals surface area (Å²) in [6.07, 6.45) is 0.307. The first-order valence-electron chi connectivity index (χ1n) is 9.15. The zero-order valence-electron chi connectivity index (χ0n) is 15.0. The largest absolute Gasteiger partial charge is 0.336 e. The molecule has 1 aromatic carbocycles. The van der Waals surface area contributed by atoms with Gasteiger partial charge in [-0.1, -0.05) is 23.7 Å². The normalized spacial score (nSPS) is 26.3. The van der Waals surface area contributed by atoms with Crippen LogP contribution in [0.2, 0.25) is 5.02 Å². The van der Waals surface area contributed by atoms with Crippen molar-refractivity contribution < 1.29 is 9.59 Å². The third kappa shape index (κ3) is 4.22. The number of carbonyl (C=O) groups is 2. The maximum Gasteiger partial charge on any atom is 0.228 e. The Kier molecular flexibility index (Phi) is 6.60. The minimum atomic E-state index is -0.261. The van der Waals surface area contributed by atoms with Crippen molar-refractivity contribution in [3.05, 3.63) is 34.9 Å². The van der Waals surface area contributed by atoms with E-state index < -0.39 is 0 Å². The molecule has 3 aliphatic rings. The molecule has 3 saturated heterocycles. The van der Waals surface area contributed by atoms with Crippen molar-refractivity contribution in [1.82, 2.24) is 26.0 Å². The Balaban J connectivity index is 0.00000210. The van der Waals surface area contributed by atoms with E-state index in [2.05, 4.69) is 16.2 Å². The van der Waals surface area contributed by atoms with Gasteiger partial charge in [0.1, 0.15) is 0 Å². The number of piperazine rings is 1. The van der Waals surface area contributed by atoms with E-state index in [9.17, 15) is 9.59 Å². The molecule has 0 aliphatic carbocycles. The smallest absolute Gasteiger partial charge is 0.228 e. The minimum absolute atomic E-state index is 0. The Bertz CT molecular complexity index is 698. The number of nitrogens with one attached hydrogen (secondary N) is 3. The van der Waals surface area contributed by atoms with Gasteiger partial charge < -0.3 is 15.1 Å². The maximum atomic E-state index is 13.2. The fraction of sp³-hybridized carbons (Fsp3) is 0.556. The molecule has 0 radical (unpaired) electrons. The molecule has 1 aromatic rings. The van der Waals surface area contributed by atoms with Crippen molar-refractivity contribution in [3.63, 3.8) is 0 Å². The fourth-order valence-electron chi connectivity index (χ4n) is 4.14. The predicted molar refractivity (Wildman–Crippen MR) is 106 cm³/mol. The van der Waals surface area contributed by atoms with Crippen molar-refractivity contribution >= 4 is 35.8 Å². The molecule has 3 aliphatic heterocycles. The molecule has 0 saturated carbocycles. The van der Waals surface area contributed by atoms with E-state index in [0.717, 1.165) is 25.2 Å². The van der Waals surface area contributed by atoms with Crippen LogP contribution in [-0.4, -0.2) is 66.9 Å². The predicted octanol–water partition coefficient (Wildman–Crippen LogP) is 0.560. The lowest BCUT2D eigenvalue weighted by molar-refractivity contribution is -0.139. The van der Waals surface area contributed by atoms with E-state index in [1.807, 2.05) is 34.1 Å². The van der Waals surface area contributed by atoms with Crippen LogP contribution in [0.3, 0.4) is 0 Å². The SMILES string of the molecule is Cl.O=C1CC(C(=O)N2CCNCC2c2cccc(Cl)c2)CN1C1CNNC1. The van der Waals surface area contributed by atoms with Gasteiger partial charge in [-0.25, -0.2) is 0 Å². The summed E-state index contributed by atoms with van der Waals surface area (Å²) in [6, 6.07) is 7.76. The highest BCUT2D eigenvalue weighted by molar-refractivity contribution is 6.30. The number of likely N-dealkylation sites (tertiary alicyclic amines) is 1. The van der Waals surface area contributed by atoms with Gasteiger partial charge in [0.15, 0.2) is 0 Å². The second kappa shape index (κ2) is 8.75. The van der Waals surface area contributed by atoms with E-state index in [0.29, 0.717) is 31.1 Å². The van der Waals surface area contributed by atoms with Crippen LogP contribution in [-0.2, 0) is 9.59 Å². The number of hydrogen-bond acceptors (Lipinski definition) is 5. The summed E-state index contributed by atoms with van der Waals surface area (Å²) in [5.74, 6) is -0.109. The van der Waals surface area contributed by atoms with Gasteiger partial charge in [0.05, 0.1) is 18.0 Å². The van der Waals surface area contributed by atoms with Crippen LogP contribution >= 0.6 is 24.0 Å². The first-order chi connectivity index (χ1) is 12.6. The van der Waals surface area contributed by atoms with Crippen LogP contribution in [0.5, 0.6) is 0 Å². The molecule has 27 heavy (non-hydrogen) atoms. The van der Waals surface area contributed by atoms with E-state index in [1.165, 1.54) is 0 Å². The van der Waals surface area contributed by atoms with Gasteiger partial charge in [-0.3, -0.25) is 20.4 Å². The highest BCUT2D eigenvalue weighted by Crippen LogP contribution is 2.29. The van der Waals surface area contributed by atoms with Gasteiger partial charge in [0.2, 0.25) is 11.8 Å². The standard InChI is InChI=1S/C18H24ClN5O2.ClH/c19-14-3-1-2-12(6-14)16-10-20-4-5-23(16)18(26)13-7-17(25)24(11-13)15-8-21-22-9-15;/h1-3,6,13,15-16,20-22H,4-5,7-11H2;1H. The summed E-state index contributed by atoms with van der Waals surface area (Å²) in [6.45, 7) is 4.08. The van der Waals surface area contributed by atoms with Crippen LogP contribution in [0.15, 0.2) is 24.3 Å².